The lowest BCUT2D eigenvalue weighted by atomic mass is 10.2. The third kappa shape index (κ3) is 2.95. The molecule has 0 saturated heterocycles. The summed E-state index contributed by atoms with van der Waals surface area (Å²) in [5, 5.41) is 3.84. The normalized spacial score (nSPS) is 10.7. The molecule has 18 heavy (non-hydrogen) atoms. The van der Waals surface area contributed by atoms with Gasteiger partial charge in [-0.1, -0.05) is 23.5 Å². The van der Waals surface area contributed by atoms with Crippen molar-refractivity contribution in [2.75, 3.05) is 11.9 Å². The molecule has 2 rings (SSSR count). The summed E-state index contributed by atoms with van der Waals surface area (Å²) in [6, 6.07) is 6.70. The molecule has 0 unspecified atom stereocenters. The first-order valence-corrected chi connectivity index (χ1v) is 6.26. The Bertz CT molecular complexity index is 516. The Balaban J connectivity index is 2.30. The van der Waals surface area contributed by atoms with Crippen molar-refractivity contribution in [2.45, 2.75) is 13.5 Å². The molecule has 3 nitrogen and oxygen atoms in total. The van der Waals surface area contributed by atoms with Crippen molar-refractivity contribution >= 4 is 16.5 Å². The van der Waals surface area contributed by atoms with Crippen LogP contribution < -0.4 is 10.1 Å². The fourth-order valence-corrected chi connectivity index (χ4v) is 2.41. The van der Waals surface area contributed by atoms with E-state index in [-0.39, 0.29) is 5.75 Å². The van der Waals surface area contributed by atoms with Crippen LogP contribution in [0.5, 0.6) is 5.75 Å². The number of para-hydroxylation sites is 1. The lowest BCUT2D eigenvalue weighted by molar-refractivity contribution is -0.0494. The van der Waals surface area contributed by atoms with Crippen molar-refractivity contribution in [3.05, 3.63) is 30.5 Å². The van der Waals surface area contributed by atoms with Gasteiger partial charge in [0.2, 0.25) is 0 Å². The monoisotopic (exact) mass is 270 g/mol. The molecule has 1 heterocycles. The van der Waals surface area contributed by atoms with Crippen LogP contribution in [0.2, 0.25) is 0 Å². The SMILES string of the molecule is CCNc1ncc(-c2ccccc2OC(F)F)s1. The van der Waals surface area contributed by atoms with Gasteiger partial charge in [-0.3, -0.25) is 0 Å². The molecule has 2 aromatic rings. The number of nitrogens with one attached hydrogen (secondary N) is 1. The maximum atomic E-state index is 12.3. The summed E-state index contributed by atoms with van der Waals surface area (Å²) < 4.78 is 29.1. The molecule has 6 heteroatoms. The molecule has 0 aliphatic rings. The molecule has 0 radical (unpaired) electrons. The van der Waals surface area contributed by atoms with Crippen LogP contribution in [0.4, 0.5) is 13.9 Å². The van der Waals surface area contributed by atoms with Gasteiger partial charge in [-0.2, -0.15) is 8.78 Å². The first-order valence-electron chi connectivity index (χ1n) is 5.44. The molecule has 1 N–H and O–H groups in total. The standard InChI is InChI=1S/C12H12F2N2OS/c1-2-15-12-16-7-10(18-12)8-5-3-4-6-9(8)17-11(13)14/h3-7,11H,2H2,1H3,(H,15,16). The molecule has 1 aromatic carbocycles. The lowest BCUT2D eigenvalue weighted by Gasteiger charge is -2.08. The number of benzene rings is 1. The largest absolute Gasteiger partial charge is 0.434 e. The van der Waals surface area contributed by atoms with E-state index in [1.807, 2.05) is 6.92 Å². The average Bonchev–Trinajstić information content (AvgIpc) is 2.78. The maximum absolute atomic E-state index is 12.3. The van der Waals surface area contributed by atoms with Crippen molar-refractivity contribution in [1.29, 1.82) is 0 Å². The van der Waals surface area contributed by atoms with Gasteiger partial charge in [0.1, 0.15) is 5.75 Å². The Hall–Kier alpha value is -1.69. The number of anilines is 1. The highest BCUT2D eigenvalue weighted by atomic mass is 32.1. The molecule has 1 aromatic heterocycles. The van der Waals surface area contributed by atoms with E-state index in [4.69, 9.17) is 0 Å². The highest BCUT2D eigenvalue weighted by molar-refractivity contribution is 7.18. The number of aromatic nitrogens is 1. The number of hydrogen-bond acceptors (Lipinski definition) is 4. The molecule has 0 saturated carbocycles. The van der Waals surface area contributed by atoms with Crippen LogP contribution >= 0.6 is 11.3 Å². The first-order chi connectivity index (χ1) is 8.70. The van der Waals surface area contributed by atoms with E-state index in [1.165, 1.54) is 17.4 Å². The number of ether oxygens (including phenoxy) is 1. The zero-order chi connectivity index (χ0) is 13.0. The van der Waals surface area contributed by atoms with Gasteiger partial charge in [0.15, 0.2) is 5.13 Å². The predicted octanol–water partition coefficient (Wildman–Crippen LogP) is 3.84. The fraction of sp³-hybridized carbons (Fsp3) is 0.250. The van der Waals surface area contributed by atoms with Crippen LogP contribution in [0.3, 0.4) is 0 Å². The molecule has 0 fully saturated rings. The van der Waals surface area contributed by atoms with E-state index in [2.05, 4.69) is 15.0 Å². The van der Waals surface area contributed by atoms with Crippen molar-refractivity contribution < 1.29 is 13.5 Å². The third-order valence-electron chi connectivity index (χ3n) is 2.20. The van der Waals surface area contributed by atoms with E-state index in [9.17, 15) is 8.78 Å². The Labute approximate surface area is 107 Å². The molecule has 96 valence electrons. The van der Waals surface area contributed by atoms with Crippen LogP contribution in [-0.4, -0.2) is 18.1 Å². The molecule has 0 atom stereocenters. The van der Waals surface area contributed by atoms with E-state index in [0.29, 0.717) is 5.56 Å². The number of alkyl halides is 2. The van der Waals surface area contributed by atoms with Gasteiger partial charge in [-0.05, 0) is 19.1 Å². The van der Waals surface area contributed by atoms with Crippen molar-refractivity contribution in [3.8, 4) is 16.2 Å². The van der Waals surface area contributed by atoms with Crippen molar-refractivity contribution in [2.24, 2.45) is 0 Å². The molecule has 0 spiro atoms. The van der Waals surface area contributed by atoms with E-state index < -0.39 is 6.61 Å². The molecular weight excluding hydrogens is 258 g/mol. The van der Waals surface area contributed by atoms with Gasteiger partial charge in [0.25, 0.3) is 0 Å². The number of thiazole rings is 1. The van der Waals surface area contributed by atoms with Gasteiger partial charge in [0.05, 0.1) is 4.88 Å². The molecule has 0 aliphatic carbocycles. The van der Waals surface area contributed by atoms with Gasteiger partial charge in [0, 0.05) is 18.3 Å². The minimum atomic E-state index is -2.83. The van der Waals surface area contributed by atoms with Crippen LogP contribution in [-0.2, 0) is 0 Å². The first kappa shape index (κ1) is 12.8. The summed E-state index contributed by atoms with van der Waals surface area (Å²) in [5.41, 5.74) is 0.624. The van der Waals surface area contributed by atoms with Crippen LogP contribution in [0.1, 0.15) is 6.92 Å². The van der Waals surface area contributed by atoms with Gasteiger partial charge < -0.3 is 10.1 Å². The average molecular weight is 270 g/mol. The third-order valence-corrected chi connectivity index (χ3v) is 3.19. The summed E-state index contributed by atoms with van der Waals surface area (Å²) in [6.45, 7) is -0.0934. The summed E-state index contributed by atoms with van der Waals surface area (Å²) in [4.78, 5) is 4.96. The zero-order valence-corrected chi connectivity index (χ0v) is 10.5. The zero-order valence-electron chi connectivity index (χ0n) is 9.69. The Morgan fingerprint density at radius 1 is 1.39 bits per heavy atom. The second-order valence-corrected chi connectivity index (χ2v) is 4.47. The molecule has 0 aliphatic heterocycles. The smallest absolute Gasteiger partial charge is 0.387 e. The Morgan fingerprint density at radius 3 is 2.89 bits per heavy atom. The van der Waals surface area contributed by atoms with Crippen LogP contribution in [0, 0.1) is 0 Å². The summed E-state index contributed by atoms with van der Waals surface area (Å²) >= 11 is 1.40. The highest BCUT2D eigenvalue weighted by Crippen LogP contribution is 2.35. The molecular formula is C12H12F2N2OS. The van der Waals surface area contributed by atoms with Crippen LogP contribution in [0.15, 0.2) is 30.5 Å². The molecule has 0 amide bonds. The van der Waals surface area contributed by atoms with Gasteiger partial charge in [-0.15, -0.1) is 0 Å². The summed E-state index contributed by atoms with van der Waals surface area (Å²) in [7, 11) is 0. The minimum absolute atomic E-state index is 0.166. The van der Waals surface area contributed by atoms with E-state index in [0.717, 1.165) is 16.6 Å². The van der Waals surface area contributed by atoms with E-state index in [1.54, 1.807) is 24.4 Å². The van der Waals surface area contributed by atoms with Crippen LogP contribution in [0.25, 0.3) is 10.4 Å². The highest BCUT2D eigenvalue weighted by Gasteiger charge is 2.12. The second-order valence-electron chi connectivity index (χ2n) is 3.43. The quantitative estimate of drug-likeness (QED) is 0.896. The number of nitrogens with zero attached hydrogens (tertiary/aromatic N) is 1. The predicted molar refractivity (Wildman–Crippen MR) is 68.3 cm³/mol. The molecule has 0 bridgehead atoms. The van der Waals surface area contributed by atoms with E-state index >= 15 is 0 Å². The summed E-state index contributed by atoms with van der Waals surface area (Å²) in [5.74, 6) is 0.166. The second kappa shape index (κ2) is 5.77. The summed E-state index contributed by atoms with van der Waals surface area (Å²) in [6.07, 6.45) is 1.65. The fourth-order valence-electron chi connectivity index (χ4n) is 1.50. The van der Waals surface area contributed by atoms with Crippen molar-refractivity contribution in [1.82, 2.24) is 4.98 Å². The van der Waals surface area contributed by atoms with Crippen molar-refractivity contribution in [3.63, 3.8) is 0 Å². The number of rotatable bonds is 5. The minimum Gasteiger partial charge on any atom is -0.434 e. The maximum Gasteiger partial charge on any atom is 0.387 e. The number of halogens is 2. The van der Waals surface area contributed by atoms with Gasteiger partial charge >= 0.3 is 6.61 Å². The topological polar surface area (TPSA) is 34.2 Å². The van der Waals surface area contributed by atoms with Gasteiger partial charge in [-0.25, -0.2) is 4.98 Å². The number of hydrogen-bond donors (Lipinski definition) is 1. The Morgan fingerprint density at radius 2 is 2.17 bits per heavy atom. The lowest BCUT2D eigenvalue weighted by Crippen LogP contribution is -2.02. The Kier molecular flexibility index (Phi) is 4.09.